The minimum atomic E-state index is -0.744. The molecule has 0 aliphatic rings. The SMILES string of the molecule is OC(c1cccc(Br)c1)c1occc1Br. The first kappa shape index (κ1) is 10.9. The summed E-state index contributed by atoms with van der Waals surface area (Å²) in [6.07, 6.45) is 0.799. The maximum Gasteiger partial charge on any atom is 0.150 e. The predicted molar refractivity (Wildman–Crippen MR) is 64.6 cm³/mol. The molecule has 1 aromatic heterocycles. The van der Waals surface area contributed by atoms with Gasteiger partial charge in [-0.1, -0.05) is 28.1 Å². The fourth-order valence-electron chi connectivity index (χ4n) is 1.33. The number of aliphatic hydroxyl groups excluding tert-OH is 1. The molecule has 0 saturated carbocycles. The highest BCUT2D eigenvalue weighted by Crippen LogP contribution is 2.30. The molecule has 0 bridgehead atoms. The van der Waals surface area contributed by atoms with Crippen LogP contribution in [0.3, 0.4) is 0 Å². The highest BCUT2D eigenvalue weighted by atomic mass is 79.9. The largest absolute Gasteiger partial charge is 0.465 e. The molecule has 1 heterocycles. The second-order valence-corrected chi connectivity index (χ2v) is 4.86. The van der Waals surface area contributed by atoms with Crippen molar-refractivity contribution in [1.29, 1.82) is 0 Å². The van der Waals surface area contributed by atoms with Gasteiger partial charge in [-0.3, -0.25) is 0 Å². The van der Waals surface area contributed by atoms with Crippen LogP contribution in [0.4, 0.5) is 0 Å². The number of halogens is 2. The maximum absolute atomic E-state index is 10.0. The van der Waals surface area contributed by atoms with E-state index in [-0.39, 0.29) is 0 Å². The van der Waals surface area contributed by atoms with Gasteiger partial charge in [-0.2, -0.15) is 0 Å². The van der Waals surface area contributed by atoms with E-state index in [2.05, 4.69) is 31.9 Å². The molecule has 1 N–H and O–H groups in total. The van der Waals surface area contributed by atoms with Gasteiger partial charge in [-0.15, -0.1) is 0 Å². The predicted octanol–water partition coefficient (Wildman–Crippen LogP) is 3.89. The summed E-state index contributed by atoms with van der Waals surface area (Å²) in [5.74, 6) is 0.521. The minimum absolute atomic E-state index is 0.521. The molecule has 2 nitrogen and oxygen atoms in total. The van der Waals surface area contributed by atoms with Crippen molar-refractivity contribution >= 4 is 31.9 Å². The molecule has 0 spiro atoms. The normalized spacial score (nSPS) is 12.7. The Morgan fingerprint density at radius 3 is 2.60 bits per heavy atom. The fraction of sp³-hybridized carbons (Fsp3) is 0.0909. The second-order valence-electron chi connectivity index (χ2n) is 3.09. The molecule has 0 saturated heterocycles. The van der Waals surface area contributed by atoms with E-state index in [0.717, 1.165) is 14.5 Å². The highest BCUT2D eigenvalue weighted by Gasteiger charge is 2.16. The second kappa shape index (κ2) is 4.51. The van der Waals surface area contributed by atoms with Crippen molar-refractivity contribution in [3.05, 3.63) is 56.9 Å². The molecule has 78 valence electrons. The van der Waals surface area contributed by atoms with Gasteiger partial charge in [0.05, 0.1) is 10.7 Å². The first-order chi connectivity index (χ1) is 7.18. The first-order valence-corrected chi connectivity index (χ1v) is 5.93. The molecule has 2 rings (SSSR count). The van der Waals surface area contributed by atoms with Gasteiger partial charge in [0, 0.05) is 4.47 Å². The lowest BCUT2D eigenvalue weighted by molar-refractivity contribution is 0.188. The van der Waals surface area contributed by atoms with Crippen molar-refractivity contribution in [1.82, 2.24) is 0 Å². The third-order valence-electron chi connectivity index (χ3n) is 2.06. The van der Waals surface area contributed by atoms with E-state index in [1.165, 1.54) is 0 Å². The van der Waals surface area contributed by atoms with Crippen LogP contribution >= 0.6 is 31.9 Å². The smallest absolute Gasteiger partial charge is 0.150 e. The van der Waals surface area contributed by atoms with Crippen LogP contribution in [0.1, 0.15) is 17.4 Å². The minimum Gasteiger partial charge on any atom is -0.465 e. The molecule has 2 aromatic rings. The molecule has 0 fully saturated rings. The molecule has 1 unspecified atom stereocenters. The molecule has 0 amide bonds. The van der Waals surface area contributed by atoms with Crippen molar-refractivity contribution < 1.29 is 9.52 Å². The van der Waals surface area contributed by atoms with E-state index in [0.29, 0.717) is 5.76 Å². The number of aliphatic hydroxyl groups is 1. The van der Waals surface area contributed by atoms with E-state index < -0.39 is 6.10 Å². The average Bonchev–Trinajstić information content (AvgIpc) is 2.63. The third kappa shape index (κ3) is 2.33. The summed E-state index contributed by atoms with van der Waals surface area (Å²) in [6.45, 7) is 0. The summed E-state index contributed by atoms with van der Waals surface area (Å²) in [5, 5.41) is 10.0. The monoisotopic (exact) mass is 330 g/mol. The van der Waals surface area contributed by atoms with E-state index >= 15 is 0 Å². The summed E-state index contributed by atoms with van der Waals surface area (Å²) >= 11 is 6.68. The van der Waals surface area contributed by atoms with Crippen LogP contribution in [-0.2, 0) is 0 Å². The van der Waals surface area contributed by atoms with Crippen molar-refractivity contribution in [2.45, 2.75) is 6.10 Å². The number of hydrogen-bond donors (Lipinski definition) is 1. The van der Waals surface area contributed by atoms with E-state index in [9.17, 15) is 5.11 Å². The van der Waals surface area contributed by atoms with Gasteiger partial charge in [0.15, 0.2) is 5.76 Å². The van der Waals surface area contributed by atoms with Crippen molar-refractivity contribution in [2.24, 2.45) is 0 Å². The van der Waals surface area contributed by atoms with Crippen LogP contribution in [0.2, 0.25) is 0 Å². The highest BCUT2D eigenvalue weighted by molar-refractivity contribution is 9.10. The van der Waals surface area contributed by atoms with Crippen LogP contribution in [0.25, 0.3) is 0 Å². The van der Waals surface area contributed by atoms with E-state index in [1.54, 1.807) is 12.3 Å². The number of rotatable bonds is 2. The Bertz CT molecular complexity index is 465. The molecule has 0 aliphatic carbocycles. The summed E-state index contributed by atoms with van der Waals surface area (Å²) in [4.78, 5) is 0. The van der Waals surface area contributed by atoms with Crippen LogP contribution in [0.5, 0.6) is 0 Å². The Kier molecular flexibility index (Phi) is 3.29. The van der Waals surface area contributed by atoms with Gasteiger partial charge < -0.3 is 9.52 Å². The topological polar surface area (TPSA) is 33.4 Å². The Balaban J connectivity index is 2.36. The Hall–Kier alpha value is -0.580. The van der Waals surface area contributed by atoms with E-state index in [4.69, 9.17) is 4.42 Å². The lowest BCUT2D eigenvalue weighted by Crippen LogP contribution is -1.98. The molecule has 1 atom stereocenters. The zero-order valence-electron chi connectivity index (χ0n) is 7.65. The van der Waals surface area contributed by atoms with Crippen LogP contribution < -0.4 is 0 Å². The van der Waals surface area contributed by atoms with Crippen LogP contribution in [0, 0.1) is 0 Å². The maximum atomic E-state index is 10.0. The molecule has 15 heavy (non-hydrogen) atoms. The summed E-state index contributed by atoms with van der Waals surface area (Å²) in [5.41, 5.74) is 0.792. The van der Waals surface area contributed by atoms with Crippen molar-refractivity contribution in [3.63, 3.8) is 0 Å². The van der Waals surface area contributed by atoms with Gasteiger partial charge in [0.25, 0.3) is 0 Å². The standard InChI is InChI=1S/C11H8Br2O2/c12-8-3-1-2-7(6-8)10(14)11-9(13)4-5-15-11/h1-6,10,14H. The third-order valence-corrected chi connectivity index (χ3v) is 3.21. The van der Waals surface area contributed by atoms with Gasteiger partial charge in [0.1, 0.15) is 6.10 Å². The summed E-state index contributed by atoms with van der Waals surface area (Å²) in [7, 11) is 0. The molecule has 1 aromatic carbocycles. The van der Waals surface area contributed by atoms with Gasteiger partial charge >= 0.3 is 0 Å². The Morgan fingerprint density at radius 1 is 1.20 bits per heavy atom. The molecule has 0 radical (unpaired) electrons. The van der Waals surface area contributed by atoms with Crippen molar-refractivity contribution in [2.75, 3.05) is 0 Å². The first-order valence-electron chi connectivity index (χ1n) is 4.35. The Labute approximate surface area is 104 Å². The lowest BCUT2D eigenvalue weighted by atomic mass is 10.1. The van der Waals surface area contributed by atoms with Crippen LogP contribution in [0.15, 0.2) is 50.0 Å². The Morgan fingerprint density at radius 2 is 2.00 bits per heavy atom. The molecular formula is C11H8Br2O2. The molecule has 4 heteroatoms. The summed E-state index contributed by atoms with van der Waals surface area (Å²) in [6, 6.07) is 9.26. The lowest BCUT2D eigenvalue weighted by Gasteiger charge is -2.08. The molecular weight excluding hydrogens is 324 g/mol. The zero-order chi connectivity index (χ0) is 10.8. The quantitative estimate of drug-likeness (QED) is 0.905. The number of furan rings is 1. The summed E-state index contributed by atoms with van der Waals surface area (Å²) < 4.78 is 6.91. The van der Waals surface area contributed by atoms with Gasteiger partial charge in [0.2, 0.25) is 0 Å². The fourth-order valence-corrected chi connectivity index (χ4v) is 2.16. The van der Waals surface area contributed by atoms with Gasteiger partial charge in [-0.25, -0.2) is 0 Å². The number of benzene rings is 1. The van der Waals surface area contributed by atoms with E-state index in [1.807, 2.05) is 24.3 Å². The van der Waals surface area contributed by atoms with Crippen molar-refractivity contribution in [3.8, 4) is 0 Å². The zero-order valence-corrected chi connectivity index (χ0v) is 10.8. The average molecular weight is 332 g/mol. The van der Waals surface area contributed by atoms with Gasteiger partial charge in [-0.05, 0) is 39.7 Å². The van der Waals surface area contributed by atoms with Crippen LogP contribution in [-0.4, -0.2) is 5.11 Å². The number of hydrogen-bond acceptors (Lipinski definition) is 2. The molecule has 0 aliphatic heterocycles.